The molecule has 0 N–H and O–H groups in total. The average molecular weight is 291 g/mol. The van der Waals surface area contributed by atoms with Crippen molar-refractivity contribution in [2.24, 2.45) is 0 Å². The summed E-state index contributed by atoms with van der Waals surface area (Å²) < 4.78 is 0. The van der Waals surface area contributed by atoms with Gasteiger partial charge in [0.2, 0.25) is 0 Å². The normalized spacial score (nSPS) is 9.82. The maximum atomic E-state index is 4.19. The van der Waals surface area contributed by atoms with E-state index in [4.69, 9.17) is 0 Å². The van der Waals surface area contributed by atoms with Crippen LogP contribution in [0.5, 0.6) is 0 Å². The Kier molecular flexibility index (Phi) is 5.37. The van der Waals surface area contributed by atoms with Gasteiger partial charge in [-0.25, -0.2) is 0 Å². The topological polar surface area (TPSA) is 38.7 Å². The first-order chi connectivity index (χ1) is 10.5. The summed E-state index contributed by atoms with van der Waals surface area (Å²) in [6.45, 7) is 8.01. The third kappa shape index (κ3) is 4.77. The Bertz CT molecular complexity index is 669. The van der Waals surface area contributed by atoms with Gasteiger partial charge in [-0.1, -0.05) is 29.8 Å². The molecule has 22 heavy (non-hydrogen) atoms. The molecule has 3 heteroatoms. The minimum Gasteiger partial charge on any atom is -0.264 e. The summed E-state index contributed by atoms with van der Waals surface area (Å²) in [7, 11) is 0. The Hall–Kier alpha value is -2.55. The van der Waals surface area contributed by atoms with Gasteiger partial charge in [0.05, 0.1) is 11.4 Å². The number of hydrogen-bond donors (Lipinski definition) is 0. The molecule has 0 fully saturated rings. The average Bonchev–Trinajstić information content (AvgIpc) is 2.51. The Balaban J connectivity index is 0.000000188. The van der Waals surface area contributed by atoms with Gasteiger partial charge in [0.1, 0.15) is 0 Å². The van der Waals surface area contributed by atoms with E-state index in [2.05, 4.69) is 59.1 Å². The van der Waals surface area contributed by atoms with Crippen LogP contribution in [0.3, 0.4) is 0 Å². The largest absolute Gasteiger partial charge is 0.264 e. The number of aromatic nitrogens is 3. The summed E-state index contributed by atoms with van der Waals surface area (Å²) in [5, 5.41) is 0. The molecular weight excluding hydrogens is 270 g/mol. The van der Waals surface area contributed by atoms with Crippen LogP contribution in [0.2, 0.25) is 0 Å². The quantitative estimate of drug-likeness (QED) is 0.664. The van der Waals surface area contributed by atoms with Gasteiger partial charge >= 0.3 is 0 Å². The van der Waals surface area contributed by atoms with Crippen molar-refractivity contribution in [2.75, 3.05) is 0 Å². The molecule has 0 bridgehead atoms. The van der Waals surface area contributed by atoms with Crippen molar-refractivity contribution in [1.29, 1.82) is 0 Å². The number of aryl methyl sites for hydroxylation is 4. The van der Waals surface area contributed by atoms with E-state index < -0.39 is 0 Å². The maximum Gasteiger partial charge on any atom is 0.0555 e. The number of hydrogen-bond acceptors (Lipinski definition) is 3. The third-order valence-electron chi connectivity index (χ3n) is 3.14. The predicted octanol–water partition coefficient (Wildman–Crippen LogP) is 4.46. The monoisotopic (exact) mass is 291 g/mol. The summed E-state index contributed by atoms with van der Waals surface area (Å²) in [4.78, 5) is 12.2. The van der Waals surface area contributed by atoms with Gasteiger partial charge < -0.3 is 0 Å². The first-order valence-electron chi connectivity index (χ1n) is 7.28. The van der Waals surface area contributed by atoms with Gasteiger partial charge in [0.25, 0.3) is 0 Å². The highest BCUT2D eigenvalue weighted by atomic mass is 14.8. The molecule has 0 aliphatic carbocycles. The van der Waals surface area contributed by atoms with Crippen LogP contribution >= 0.6 is 0 Å². The molecule has 0 atom stereocenters. The molecule has 3 rings (SSSR count). The molecule has 2 aromatic heterocycles. The number of benzene rings is 1. The third-order valence-corrected chi connectivity index (χ3v) is 3.14. The lowest BCUT2D eigenvalue weighted by Crippen LogP contribution is -1.84. The summed E-state index contributed by atoms with van der Waals surface area (Å²) in [5.74, 6) is 0. The summed E-state index contributed by atoms with van der Waals surface area (Å²) in [5.41, 5.74) is 6.84. The molecule has 0 amide bonds. The summed E-state index contributed by atoms with van der Waals surface area (Å²) in [6.07, 6.45) is 7.30. The van der Waals surface area contributed by atoms with Crippen LogP contribution in [0.15, 0.2) is 55.1 Å². The second-order valence-corrected chi connectivity index (χ2v) is 5.42. The molecule has 3 nitrogen and oxygen atoms in total. The zero-order valence-corrected chi connectivity index (χ0v) is 13.5. The SMILES string of the molecule is Cc1cccc(-c2cncc(C)c2)c1.Cc1cnc(C)cn1. The molecule has 0 aliphatic rings. The first-order valence-corrected chi connectivity index (χ1v) is 7.28. The zero-order valence-electron chi connectivity index (χ0n) is 13.5. The van der Waals surface area contributed by atoms with Crippen molar-refractivity contribution in [2.45, 2.75) is 27.7 Å². The van der Waals surface area contributed by atoms with Gasteiger partial charge in [-0.15, -0.1) is 0 Å². The van der Waals surface area contributed by atoms with E-state index >= 15 is 0 Å². The number of nitrogens with zero attached hydrogens (tertiary/aromatic N) is 3. The molecule has 0 aliphatic heterocycles. The highest BCUT2D eigenvalue weighted by Gasteiger charge is 1.97. The first kappa shape index (κ1) is 15.8. The van der Waals surface area contributed by atoms with E-state index in [1.807, 2.05) is 26.2 Å². The molecule has 0 spiro atoms. The predicted molar refractivity (Wildman–Crippen MR) is 90.7 cm³/mol. The van der Waals surface area contributed by atoms with Crippen LogP contribution in [-0.2, 0) is 0 Å². The fourth-order valence-corrected chi connectivity index (χ4v) is 1.99. The minimum absolute atomic E-state index is 0.968. The maximum absolute atomic E-state index is 4.19. The molecule has 1 aromatic carbocycles. The van der Waals surface area contributed by atoms with E-state index in [1.54, 1.807) is 12.4 Å². The second-order valence-electron chi connectivity index (χ2n) is 5.42. The van der Waals surface area contributed by atoms with Crippen LogP contribution in [0, 0.1) is 27.7 Å². The Morgan fingerprint density at radius 3 is 1.82 bits per heavy atom. The van der Waals surface area contributed by atoms with Crippen molar-refractivity contribution in [3.05, 3.63) is 77.6 Å². The van der Waals surface area contributed by atoms with Crippen LogP contribution in [-0.4, -0.2) is 15.0 Å². The van der Waals surface area contributed by atoms with Crippen molar-refractivity contribution in [3.8, 4) is 11.1 Å². The van der Waals surface area contributed by atoms with E-state index in [0.29, 0.717) is 0 Å². The van der Waals surface area contributed by atoms with Gasteiger partial charge in [-0.3, -0.25) is 15.0 Å². The highest BCUT2D eigenvalue weighted by molar-refractivity contribution is 5.63. The number of pyridine rings is 1. The standard InChI is InChI=1S/C13H13N.C6H8N2/c1-10-4-3-5-12(6-10)13-7-11(2)8-14-9-13;1-5-3-8-6(2)4-7-5/h3-9H,1-2H3;3-4H,1-2H3. The lowest BCUT2D eigenvalue weighted by Gasteiger charge is -2.02. The lowest BCUT2D eigenvalue weighted by molar-refractivity contribution is 1.06. The Morgan fingerprint density at radius 1 is 0.636 bits per heavy atom. The molecule has 3 aromatic rings. The van der Waals surface area contributed by atoms with Crippen molar-refractivity contribution in [1.82, 2.24) is 15.0 Å². The van der Waals surface area contributed by atoms with Gasteiger partial charge in [-0.2, -0.15) is 0 Å². The van der Waals surface area contributed by atoms with Gasteiger partial charge in [0, 0.05) is 30.4 Å². The molecule has 0 radical (unpaired) electrons. The zero-order chi connectivity index (χ0) is 15.9. The smallest absolute Gasteiger partial charge is 0.0555 e. The number of rotatable bonds is 1. The molecule has 2 heterocycles. The van der Waals surface area contributed by atoms with E-state index in [1.165, 1.54) is 22.3 Å². The summed E-state index contributed by atoms with van der Waals surface area (Å²) in [6, 6.07) is 10.6. The van der Waals surface area contributed by atoms with E-state index in [-0.39, 0.29) is 0 Å². The van der Waals surface area contributed by atoms with Crippen LogP contribution in [0.25, 0.3) is 11.1 Å². The molecular formula is C19H21N3. The fraction of sp³-hybridized carbons (Fsp3) is 0.211. The molecule has 0 unspecified atom stereocenters. The van der Waals surface area contributed by atoms with Crippen molar-refractivity contribution >= 4 is 0 Å². The Labute approximate surface area is 132 Å². The van der Waals surface area contributed by atoms with Gasteiger partial charge in [0.15, 0.2) is 0 Å². The summed E-state index contributed by atoms with van der Waals surface area (Å²) >= 11 is 0. The van der Waals surface area contributed by atoms with Crippen LogP contribution in [0.1, 0.15) is 22.5 Å². The second kappa shape index (κ2) is 7.46. The minimum atomic E-state index is 0.968. The molecule has 0 saturated heterocycles. The van der Waals surface area contributed by atoms with Crippen LogP contribution < -0.4 is 0 Å². The molecule has 112 valence electrons. The fourth-order valence-electron chi connectivity index (χ4n) is 1.99. The Morgan fingerprint density at radius 2 is 1.27 bits per heavy atom. The van der Waals surface area contributed by atoms with Gasteiger partial charge in [-0.05, 0) is 44.9 Å². The molecule has 0 saturated carbocycles. The van der Waals surface area contributed by atoms with Crippen molar-refractivity contribution < 1.29 is 0 Å². The van der Waals surface area contributed by atoms with Crippen LogP contribution in [0.4, 0.5) is 0 Å². The lowest BCUT2D eigenvalue weighted by atomic mass is 10.0. The van der Waals surface area contributed by atoms with E-state index in [0.717, 1.165) is 11.4 Å². The van der Waals surface area contributed by atoms with E-state index in [9.17, 15) is 0 Å². The highest BCUT2D eigenvalue weighted by Crippen LogP contribution is 2.19. The van der Waals surface area contributed by atoms with Crippen molar-refractivity contribution in [3.63, 3.8) is 0 Å².